The molecule has 0 heterocycles. The first-order valence-electron chi connectivity index (χ1n) is 29.5. The normalized spacial score (nSPS) is 14.7. The number of esters is 1. The minimum atomic E-state index is -4.47. The summed E-state index contributed by atoms with van der Waals surface area (Å²) in [4.78, 5) is 37.6. The van der Waals surface area contributed by atoms with Gasteiger partial charge in [-0.3, -0.25) is 18.6 Å². The zero-order valence-corrected chi connectivity index (χ0v) is 49.4. The lowest BCUT2D eigenvalue weighted by atomic mass is 10.1. The molecule has 2 N–H and O–H groups in total. The third-order valence-electron chi connectivity index (χ3n) is 12.1. The van der Waals surface area contributed by atoms with Crippen LogP contribution in [0.5, 0.6) is 0 Å². The smallest absolute Gasteiger partial charge is 0.456 e. The van der Waals surface area contributed by atoms with Gasteiger partial charge in [-0.2, -0.15) is 0 Å². The first-order chi connectivity index (χ1) is 36.4. The van der Waals surface area contributed by atoms with Crippen molar-refractivity contribution in [2.24, 2.45) is 0 Å². The van der Waals surface area contributed by atoms with E-state index in [1.165, 1.54) is 51.4 Å². The summed E-state index contributed by atoms with van der Waals surface area (Å²) in [7, 11) is 1.43. The number of quaternary nitrogens is 1. The maximum absolute atomic E-state index is 13.5. The van der Waals surface area contributed by atoms with Crippen LogP contribution < -0.4 is 5.32 Å². The number of carbonyl (C=O) groups is 2. The van der Waals surface area contributed by atoms with E-state index >= 15 is 0 Å². The Hall–Kier alpha value is -3.85. The average Bonchev–Trinajstić information content (AvgIpc) is 3.37. The van der Waals surface area contributed by atoms with Gasteiger partial charge in [0.2, 0.25) is 5.91 Å². The SMILES string of the molecule is CC/C=C\C/C=C\C/C=C\C/C=C\C/C=C\C/C=C\CCCCC(=O)OC(/C=C/CCCCCCCCCCCC)C(COP(=O)(O)OCC[N+](C)(C)C)NC(=O)CCCCC/C=C/C/C=C/C/C=C/C/C=C/CC. The third-order valence-corrected chi connectivity index (χ3v) is 13.1. The fraction of sp³-hybridized carbons (Fsp3) is 0.631. The molecule has 0 aromatic heterocycles. The molecular formula is C65H110N2O7P+. The van der Waals surface area contributed by atoms with E-state index in [1.807, 2.05) is 33.3 Å². The number of phosphoric ester groups is 1. The largest absolute Gasteiger partial charge is 0.472 e. The number of hydrogen-bond donors (Lipinski definition) is 2. The van der Waals surface area contributed by atoms with Crippen LogP contribution in [0, 0.1) is 0 Å². The van der Waals surface area contributed by atoms with Crippen LogP contribution in [0.2, 0.25) is 0 Å². The highest BCUT2D eigenvalue weighted by atomic mass is 31.2. The Morgan fingerprint density at radius 3 is 1.29 bits per heavy atom. The number of carbonyl (C=O) groups excluding carboxylic acids is 2. The number of amides is 1. The molecule has 0 saturated carbocycles. The zero-order chi connectivity index (χ0) is 55.0. The third kappa shape index (κ3) is 54.7. The Labute approximate surface area is 460 Å². The summed E-state index contributed by atoms with van der Waals surface area (Å²) < 4.78 is 30.6. The molecule has 9 nitrogen and oxygen atoms in total. The van der Waals surface area contributed by atoms with E-state index in [0.717, 1.165) is 116 Å². The zero-order valence-electron chi connectivity index (χ0n) is 48.5. The number of likely N-dealkylation sites (N-methyl/N-ethyl adjacent to an activating group) is 1. The Balaban J connectivity index is 5.45. The second kappa shape index (κ2) is 53.5. The van der Waals surface area contributed by atoms with Gasteiger partial charge >= 0.3 is 13.8 Å². The van der Waals surface area contributed by atoms with Gasteiger partial charge in [0.05, 0.1) is 33.8 Å². The first-order valence-corrected chi connectivity index (χ1v) is 31.0. The fourth-order valence-corrected chi connectivity index (χ4v) is 8.31. The van der Waals surface area contributed by atoms with E-state index in [-0.39, 0.29) is 37.9 Å². The molecule has 0 saturated heterocycles. The molecule has 0 aromatic carbocycles. The minimum absolute atomic E-state index is 0.0188. The predicted octanol–water partition coefficient (Wildman–Crippen LogP) is 18.1. The second-order valence-corrected chi connectivity index (χ2v) is 21.9. The molecule has 0 spiro atoms. The topological polar surface area (TPSA) is 111 Å². The molecule has 3 unspecified atom stereocenters. The number of allylic oxidation sites excluding steroid dienone is 21. The Bertz CT molecular complexity index is 1740. The Morgan fingerprint density at radius 2 is 0.853 bits per heavy atom. The van der Waals surface area contributed by atoms with E-state index in [1.54, 1.807) is 0 Å². The van der Waals surface area contributed by atoms with Crippen LogP contribution in [0.15, 0.2) is 134 Å². The van der Waals surface area contributed by atoms with Crippen molar-refractivity contribution >= 4 is 19.7 Å². The molecule has 0 aliphatic heterocycles. The average molecular weight is 1060 g/mol. The lowest BCUT2D eigenvalue weighted by Crippen LogP contribution is -2.47. The molecule has 0 aromatic rings. The number of nitrogens with one attached hydrogen (secondary N) is 1. The van der Waals surface area contributed by atoms with Gasteiger partial charge in [0.1, 0.15) is 19.3 Å². The van der Waals surface area contributed by atoms with Gasteiger partial charge in [-0.1, -0.05) is 213 Å². The van der Waals surface area contributed by atoms with E-state index in [9.17, 15) is 19.0 Å². The number of nitrogens with zero attached hydrogens (tertiary/aromatic N) is 1. The fourth-order valence-electron chi connectivity index (χ4n) is 7.58. The molecule has 0 fully saturated rings. The molecule has 75 heavy (non-hydrogen) atoms. The summed E-state index contributed by atoms with van der Waals surface area (Å²) in [6.45, 7) is 6.70. The first kappa shape index (κ1) is 71.2. The van der Waals surface area contributed by atoms with Gasteiger partial charge < -0.3 is 19.4 Å². The quantitative estimate of drug-likeness (QED) is 0.0205. The summed E-state index contributed by atoms with van der Waals surface area (Å²) in [5, 5.41) is 3.02. The molecule has 0 radical (unpaired) electrons. The number of rotatable bonds is 51. The summed E-state index contributed by atoms with van der Waals surface area (Å²) in [5.74, 6) is -0.605. The summed E-state index contributed by atoms with van der Waals surface area (Å²) >= 11 is 0. The van der Waals surface area contributed by atoms with Gasteiger partial charge in [0.25, 0.3) is 0 Å². The van der Waals surface area contributed by atoms with Crippen LogP contribution in [-0.2, 0) is 27.9 Å². The van der Waals surface area contributed by atoms with E-state index in [2.05, 4.69) is 148 Å². The van der Waals surface area contributed by atoms with Crippen molar-refractivity contribution in [2.45, 2.75) is 226 Å². The van der Waals surface area contributed by atoms with Crippen molar-refractivity contribution in [1.82, 2.24) is 5.32 Å². The van der Waals surface area contributed by atoms with Gasteiger partial charge in [-0.05, 0) is 122 Å². The summed E-state index contributed by atoms with van der Waals surface area (Å²) in [6.07, 6.45) is 76.0. The second-order valence-electron chi connectivity index (χ2n) is 20.4. The highest BCUT2D eigenvalue weighted by molar-refractivity contribution is 7.47. The molecule has 0 rings (SSSR count). The van der Waals surface area contributed by atoms with Crippen LogP contribution in [0.4, 0.5) is 0 Å². The van der Waals surface area contributed by atoms with Crippen LogP contribution in [-0.4, -0.2) is 74.3 Å². The van der Waals surface area contributed by atoms with Crippen molar-refractivity contribution < 1.29 is 37.3 Å². The predicted molar refractivity (Wildman–Crippen MR) is 323 cm³/mol. The standard InChI is InChI=1S/C65H109N2O7P/c1-7-10-13-16-19-22-25-28-30-32-33-34-35-36-38-40-43-46-49-52-55-58-65(69)74-63(56-53-50-47-44-41-27-24-21-18-15-12-9-3)62(61-73-75(70,71)72-60-59-67(4,5)6)66-64(68)57-54-51-48-45-42-39-37-31-29-26-23-20-17-14-11-8-2/h10-11,13-14,19-20,22-23,28-31,33-34,36,38-39,42-43,46,53,56,62-63H,7-9,12,15-18,21,24-27,32,35,37,40-41,44-45,47-52,54-55,57-61H2,1-6H3,(H-,66,68,70,71)/p+1/b13-10-,14-11+,22-19-,23-20+,30-28-,31-29+,34-33-,38-36-,42-39+,46-43-,56-53+. The van der Waals surface area contributed by atoms with Gasteiger partial charge in [0.15, 0.2) is 0 Å². The van der Waals surface area contributed by atoms with Crippen LogP contribution >= 0.6 is 7.82 Å². The number of phosphoric acid groups is 1. The maximum Gasteiger partial charge on any atom is 0.472 e. The lowest BCUT2D eigenvalue weighted by molar-refractivity contribution is -0.870. The van der Waals surface area contributed by atoms with Crippen molar-refractivity contribution in [3.05, 3.63) is 134 Å². The van der Waals surface area contributed by atoms with Crippen LogP contribution in [0.3, 0.4) is 0 Å². The molecule has 3 atom stereocenters. The van der Waals surface area contributed by atoms with E-state index in [0.29, 0.717) is 23.9 Å². The van der Waals surface area contributed by atoms with Crippen molar-refractivity contribution in [3.8, 4) is 0 Å². The summed E-state index contributed by atoms with van der Waals surface area (Å²) in [6, 6.07) is -0.892. The highest BCUT2D eigenvalue weighted by Crippen LogP contribution is 2.43. The van der Waals surface area contributed by atoms with Crippen molar-refractivity contribution in [2.75, 3.05) is 40.9 Å². The summed E-state index contributed by atoms with van der Waals surface area (Å²) in [5.41, 5.74) is 0. The van der Waals surface area contributed by atoms with Gasteiger partial charge in [-0.25, -0.2) is 4.57 Å². The molecule has 10 heteroatoms. The number of unbranched alkanes of at least 4 members (excludes halogenated alkanes) is 15. The molecule has 0 aliphatic rings. The highest BCUT2D eigenvalue weighted by Gasteiger charge is 2.30. The molecular weight excluding hydrogens is 952 g/mol. The maximum atomic E-state index is 13.5. The van der Waals surface area contributed by atoms with Crippen molar-refractivity contribution in [3.63, 3.8) is 0 Å². The van der Waals surface area contributed by atoms with E-state index < -0.39 is 20.0 Å². The van der Waals surface area contributed by atoms with Gasteiger partial charge in [-0.15, -0.1) is 0 Å². The number of ether oxygens (including phenoxy) is 1. The van der Waals surface area contributed by atoms with Crippen LogP contribution in [0.1, 0.15) is 213 Å². The Kier molecular flexibility index (Phi) is 50.8. The Morgan fingerprint density at radius 1 is 0.480 bits per heavy atom. The lowest BCUT2D eigenvalue weighted by Gasteiger charge is -2.27. The molecule has 0 aliphatic carbocycles. The monoisotopic (exact) mass is 1060 g/mol. The van der Waals surface area contributed by atoms with Crippen molar-refractivity contribution in [1.29, 1.82) is 0 Å². The number of hydrogen-bond acceptors (Lipinski definition) is 6. The van der Waals surface area contributed by atoms with Gasteiger partial charge in [0, 0.05) is 12.8 Å². The van der Waals surface area contributed by atoms with E-state index in [4.69, 9.17) is 13.8 Å². The minimum Gasteiger partial charge on any atom is -0.456 e. The molecule has 0 bridgehead atoms. The molecule has 426 valence electrons. The van der Waals surface area contributed by atoms with Crippen LogP contribution in [0.25, 0.3) is 0 Å². The molecule has 1 amide bonds.